The number of carbonyl (C=O) groups excluding carboxylic acids is 2. The first-order chi connectivity index (χ1) is 20.2. The van der Waals surface area contributed by atoms with Crippen LogP contribution >= 0.6 is 27.3 Å². The van der Waals surface area contributed by atoms with Crippen LogP contribution in [0.3, 0.4) is 0 Å². The zero-order valence-electron chi connectivity index (χ0n) is 23.1. The van der Waals surface area contributed by atoms with Crippen molar-refractivity contribution in [1.29, 1.82) is 0 Å². The van der Waals surface area contributed by atoms with Crippen LogP contribution in [-0.4, -0.2) is 37.6 Å². The standard InChI is InChI=1S/C31H25BrN4O5S/c1-16-24(28(37)34-18-8-6-5-7-9-18)26(20-12-11-19(40-3)15-23(20)41-4)36-30(39)27(42-31(36)33-16)25-21-14-17(32)10-13-22(21)35(2)29(25)38/h5-15,26H,1-4H3,(H,34,37)/b27-25-/t26-/m0/s1. The maximum absolute atomic E-state index is 14.4. The topological polar surface area (TPSA) is 102 Å². The first kappa shape index (κ1) is 27.7. The fourth-order valence-corrected chi connectivity index (χ4v) is 6.83. The molecule has 0 spiro atoms. The lowest BCUT2D eigenvalue weighted by Crippen LogP contribution is -2.41. The molecule has 0 fully saturated rings. The molecule has 0 saturated carbocycles. The van der Waals surface area contributed by atoms with Crippen LogP contribution in [0.25, 0.3) is 5.57 Å². The Morgan fingerprint density at radius 2 is 1.79 bits per heavy atom. The van der Waals surface area contributed by atoms with Gasteiger partial charge in [-0.25, -0.2) is 4.99 Å². The highest BCUT2D eigenvalue weighted by Gasteiger charge is 2.37. The van der Waals surface area contributed by atoms with Crippen molar-refractivity contribution < 1.29 is 19.1 Å². The van der Waals surface area contributed by atoms with Gasteiger partial charge in [-0.05, 0) is 49.4 Å². The minimum atomic E-state index is -0.892. The number of para-hydroxylation sites is 1. The lowest BCUT2D eigenvalue weighted by atomic mass is 9.94. The fourth-order valence-electron chi connectivity index (χ4n) is 5.33. The third kappa shape index (κ3) is 4.45. The Kier molecular flexibility index (Phi) is 7.07. The van der Waals surface area contributed by atoms with Gasteiger partial charge in [0.15, 0.2) is 4.80 Å². The van der Waals surface area contributed by atoms with E-state index >= 15 is 0 Å². The number of methoxy groups -OCH3 is 2. The largest absolute Gasteiger partial charge is 0.497 e. The van der Waals surface area contributed by atoms with Crippen LogP contribution < -0.4 is 34.6 Å². The second-order valence-corrected chi connectivity index (χ2v) is 11.6. The number of aromatic nitrogens is 1. The Hall–Kier alpha value is -4.48. The number of amides is 2. The number of allylic oxidation sites excluding steroid dienone is 1. The van der Waals surface area contributed by atoms with E-state index in [2.05, 4.69) is 21.2 Å². The number of carbonyl (C=O) groups is 2. The third-order valence-corrected chi connectivity index (χ3v) is 8.89. The zero-order valence-corrected chi connectivity index (χ0v) is 25.5. The van der Waals surface area contributed by atoms with E-state index in [0.717, 1.165) is 15.8 Å². The van der Waals surface area contributed by atoms with Crippen molar-refractivity contribution in [3.63, 3.8) is 0 Å². The van der Waals surface area contributed by atoms with Gasteiger partial charge in [0, 0.05) is 34.4 Å². The molecule has 2 amide bonds. The second-order valence-electron chi connectivity index (χ2n) is 9.73. The number of ether oxygens (including phenoxy) is 2. The Labute approximate surface area is 253 Å². The first-order valence-corrected chi connectivity index (χ1v) is 14.6. The molecule has 212 valence electrons. The number of likely N-dealkylation sites (N-methyl/N-ethyl adjacent to an activating group) is 1. The van der Waals surface area contributed by atoms with Gasteiger partial charge in [-0.1, -0.05) is 45.5 Å². The van der Waals surface area contributed by atoms with Gasteiger partial charge in [-0.2, -0.15) is 0 Å². The molecule has 42 heavy (non-hydrogen) atoms. The van der Waals surface area contributed by atoms with Gasteiger partial charge < -0.3 is 19.7 Å². The molecular weight excluding hydrogens is 620 g/mol. The maximum Gasteiger partial charge on any atom is 0.271 e. The Morgan fingerprint density at radius 1 is 1.02 bits per heavy atom. The van der Waals surface area contributed by atoms with Gasteiger partial charge in [-0.15, -0.1) is 0 Å². The van der Waals surface area contributed by atoms with Crippen LogP contribution in [0.4, 0.5) is 11.4 Å². The van der Waals surface area contributed by atoms with Crippen LogP contribution in [0.15, 0.2) is 92.3 Å². The summed E-state index contributed by atoms with van der Waals surface area (Å²) in [6.07, 6.45) is 0. The second kappa shape index (κ2) is 10.7. The Morgan fingerprint density at radius 3 is 2.50 bits per heavy atom. The molecular formula is C31H25BrN4O5S. The van der Waals surface area contributed by atoms with Crippen molar-refractivity contribution in [1.82, 2.24) is 4.57 Å². The first-order valence-electron chi connectivity index (χ1n) is 12.9. The molecule has 0 aliphatic carbocycles. The minimum Gasteiger partial charge on any atom is -0.497 e. The van der Waals surface area contributed by atoms with Gasteiger partial charge in [0.2, 0.25) is 0 Å². The van der Waals surface area contributed by atoms with E-state index < -0.39 is 17.5 Å². The summed E-state index contributed by atoms with van der Waals surface area (Å²) in [5.41, 5.74) is 3.13. The number of fused-ring (bicyclic) bond motifs is 2. The number of anilines is 2. The van der Waals surface area contributed by atoms with E-state index in [0.29, 0.717) is 50.1 Å². The number of thiazole rings is 1. The fraction of sp³-hybridized carbons (Fsp3) is 0.161. The molecule has 9 nitrogen and oxygen atoms in total. The minimum absolute atomic E-state index is 0.248. The summed E-state index contributed by atoms with van der Waals surface area (Å²) >= 11 is 4.62. The van der Waals surface area contributed by atoms with Gasteiger partial charge in [0.25, 0.3) is 17.4 Å². The molecule has 4 aromatic rings. The van der Waals surface area contributed by atoms with Crippen LogP contribution in [-0.2, 0) is 9.59 Å². The van der Waals surface area contributed by atoms with Gasteiger partial charge in [-0.3, -0.25) is 19.0 Å². The summed E-state index contributed by atoms with van der Waals surface area (Å²) in [5, 5.41) is 2.94. The monoisotopic (exact) mass is 644 g/mol. The Balaban J connectivity index is 1.63. The van der Waals surface area contributed by atoms with Crippen molar-refractivity contribution in [2.45, 2.75) is 13.0 Å². The highest BCUT2D eigenvalue weighted by Crippen LogP contribution is 2.39. The molecule has 3 aromatic carbocycles. The Bertz CT molecular complexity index is 2000. The van der Waals surface area contributed by atoms with Gasteiger partial charge in [0.1, 0.15) is 22.1 Å². The van der Waals surface area contributed by atoms with E-state index in [4.69, 9.17) is 14.5 Å². The lowest BCUT2D eigenvalue weighted by molar-refractivity contribution is -0.113. The molecule has 1 N–H and O–H groups in total. The predicted molar refractivity (Wildman–Crippen MR) is 165 cm³/mol. The van der Waals surface area contributed by atoms with Gasteiger partial charge in [0.05, 0.1) is 36.8 Å². The number of benzene rings is 3. The van der Waals surface area contributed by atoms with E-state index in [1.54, 1.807) is 51.4 Å². The number of hydrogen-bond acceptors (Lipinski definition) is 7. The number of rotatable bonds is 5. The molecule has 2 aliphatic rings. The van der Waals surface area contributed by atoms with Crippen LogP contribution in [0.2, 0.25) is 0 Å². The average molecular weight is 646 g/mol. The zero-order chi connectivity index (χ0) is 29.7. The number of nitrogens with one attached hydrogen (secondary N) is 1. The van der Waals surface area contributed by atoms with E-state index in [9.17, 15) is 14.4 Å². The predicted octanol–water partition coefficient (Wildman–Crippen LogP) is 4.00. The quantitative estimate of drug-likeness (QED) is 0.354. The third-order valence-electron chi connectivity index (χ3n) is 7.34. The van der Waals surface area contributed by atoms with Crippen LogP contribution in [0.5, 0.6) is 11.5 Å². The van der Waals surface area contributed by atoms with Crippen molar-refractivity contribution >= 4 is 56.0 Å². The highest BCUT2D eigenvalue weighted by atomic mass is 79.9. The normalized spacial score (nSPS) is 17.0. The number of hydrogen-bond donors (Lipinski definition) is 1. The van der Waals surface area contributed by atoms with E-state index in [1.807, 2.05) is 36.4 Å². The van der Waals surface area contributed by atoms with Crippen molar-refractivity contribution in [2.75, 3.05) is 31.5 Å². The van der Waals surface area contributed by atoms with Crippen LogP contribution in [0, 0.1) is 0 Å². The summed E-state index contributed by atoms with van der Waals surface area (Å²) < 4.78 is 13.6. The molecule has 11 heteroatoms. The highest BCUT2D eigenvalue weighted by molar-refractivity contribution is 9.10. The summed E-state index contributed by atoms with van der Waals surface area (Å²) in [5.74, 6) is 0.296. The molecule has 2 aliphatic heterocycles. The van der Waals surface area contributed by atoms with Gasteiger partial charge >= 0.3 is 0 Å². The molecule has 1 atom stereocenters. The molecule has 0 saturated heterocycles. The maximum atomic E-state index is 14.4. The van der Waals surface area contributed by atoms with Crippen molar-refractivity contribution in [2.24, 2.45) is 4.99 Å². The average Bonchev–Trinajstić information content (AvgIpc) is 3.43. The summed E-state index contributed by atoms with van der Waals surface area (Å²) in [6, 6.07) is 18.9. The van der Waals surface area contributed by atoms with E-state index in [1.165, 1.54) is 16.6 Å². The molecule has 0 radical (unpaired) electrons. The molecule has 0 unspecified atom stereocenters. The van der Waals surface area contributed by atoms with Crippen molar-refractivity contribution in [3.8, 4) is 11.5 Å². The summed E-state index contributed by atoms with van der Waals surface area (Å²) in [7, 11) is 4.75. The molecule has 0 bridgehead atoms. The summed E-state index contributed by atoms with van der Waals surface area (Å²) in [6.45, 7) is 1.74. The van der Waals surface area contributed by atoms with Crippen LogP contribution in [0.1, 0.15) is 24.1 Å². The smallest absolute Gasteiger partial charge is 0.271 e. The molecule has 1 aromatic heterocycles. The lowest BCUT2D eigenvalue weighted by Gasteiger charge is -2.26. The summed E-state index contributed by atoms with van der Waals surface area (Å²) in [4.78, 5) is 48.4. The molecule has 6 rings (SSSR count). The van der Waals surface area contributed by atoms with E-state index in [-0.39, 0.29) is 16.0 Å². The van der Waals surface area contributed by atoms with Crippen molar-refractivity contribution in [3.05, 3.63) is 113 Å². The molecule has 3 heterocycles. The SMILES string of the molecule is COc1ccc([C@H]2C(C(=O)Nc3ccccc3)=C(C)N=c3s/c(=C4\C(=O)N(C)c5ccc(Br)cc54)c(=O)n32)c(OC)c1. The number of halogens is 1. The number of nitrogens with zero attached hydrogens (tertiary/aromatic N) is 3.